The molecule has 0 atom stereocenters. The zero-order chi connectivity index (χ0) is 19.2. The molecule has 9 nitrogen and oxygen atoms in total. The van der Waals surface area contributed by atoms with Gasteiger partial charge in [0.1, 0.15) is 0 Å². The Morgan fingerprint density at radius 1 is 1.38 bits per heavy atom. The summed E-state index contributed by atoms with van der Waals surface area (Å²) in [6.45, 7) is 7.45. The van der Waals surface area contributed by atoms with E-state index in [-0.39, 0.29) is 17.7 Å². The number of rotatable bonds is 7. The quantitative estimate of drug-likeness (QED) is 0.524. The number of sulfonamides is 1. The van der Waals surface area contributed by atoms with Gasteiger partial charge in [0, 0.05) is 45.1 Å². The third-order valence-electron chi connectivity index (χ3n) is 4.41. The lowest BCUT2D eigenvalue weighted by molar-refractivity contribution is 0.306. The summed E-state index contributed by atoms with van der Waals surface area (Å²) in [6, 6.07) is 0.209. The summed E-state index contributed by atoms with van der Waals surface area (Å²) in [6.07, 6.45) is 2.15. The molecule has 1 saturated heterocycles. The Hall–Kier alpha value is -1.68. The first-order valence-corrected chi connectivity index (χ1v) is 10.7. The van der Waals surface area contributed by atoms with Gasteiger partial charge in [0.05, 0.1) is 5.75 Å². The van der Waals surface area contributed by atoms with Crippen LogP contribution in [0, 0.1) is 0 Å². The molecule has 1 fully saturated rings. The molecule has 0 radical (unpaired) electrons. The van der Waals surface area contributed by atoms with Gasteiger partial charge < -0.3 is 15.2 Å². The van der Waals surface area contributed by atoms with Crippen molar-refractivity contribution in [3.05, 3.63) is 11.7 Å². The molecule has 2 N–H and O–H groups in total. The van der Waals surface area contributed by atoms with E-state index in [9.17, 15) is 8.42 Å². The topological polar surface area (TPSA) is 113 Å². The Balaban J connectivity index is 1.74. The highest BCUT2D eigenvalue weighted by Crippen LogP contribution is 2.14. The van der Waals surface area contributed by atoms with Gasteiger partial charge in [0.25, 0.3) is 0 Å². The van der Waals surface area contributed by atoms with Gasteiger partial charge in [-0.3, -0.25) is 4.99 Å². The lowest BCUT2D eigenvalue weighted by atomic mass is 10.1. The van der Waals surface area contributed by atoms with Crippen LogP contribution in [0.2, 0.25) is 0 Å². The van der Waals surface area contributed by atoms with Crippen LogP contribution in [-0.4, -0.2) is 67.3 Å². The highest BCUT2D eigenvalue weighted by atomic mass is 32.2. The van der Waals surface area contributed by atoms with Crippen LogP contribution in [0.5, 0.6) is 0 Å². The summed E-state index contributed by atoms with van der Waals surface area (Å²) in [5.41, 5.74) is 0. The third-order valence-corrected chi connectivity index (χ3v) is 6.29. The standard InChI is InChI=1S/C16H30N6O3S/c1-5-26(23,24)22-10-7-13(8-11-22)19-16(17-4)18-9-6-14-20-15(12(2)3)21-25-14/h12-13H,5-11H2,1-4H3,(H2,17,18,19). The second-order valence-electron chi connectivity index (χ2n) is 6.67. The van der Waals surface area contributed by atoms with Crippen LogP contribution >= 0.6 is 0 Å². The van der Waals surface area contributed by atoms with Crippen molar-refractivity contribution in [2.45, 2.75) is 52.0 Å². The van der Waals surface area contributed by atoms with Gasteiger partial charge >= 0.3 is 0 Å². The second-order valence-corrected chi connectivity index (χ2v) is 8.93. The number of hydrogen-bond donors (Lipinski definition) is 2. The fourth-order valence-electron chi connectivity index (χ4n) is 2.74. The van der Waals surface area contributed by atoms with Gasteiger partial charge in [-0.25, -0.2) is 12.7 Å². The van der Waals surface area contributed by atoms with Crippen LogP contribution in [-0.2, 0) is 16.4 Å². The number of piperidine rings is 1. The molecule has 148 valence electrons. The first kappa shape index (κ1) is 20.6. The molecular formula is C16H30N6O3S. The van der Waals surface area contributed by atoms with E-state index in [0.29, 0.717) is 37.9 Å². The minimum Gasteiger partial charge on any atom is -0.356 e. The van der Waals surface area contributed by atoms with Crippen molar-refractivity contribution in [2.75, 3.05) is 32.4 Å². The van der Waals surface area contributed by atoms with Crippen molar-refractivity contribution in [2.24, 2.45) is 4.99 Å². The van der Waals surface area contributed by atoms with E-state index in [4.69, 9.17) is 4.52 Å². The molecule has 1 aromatic heterocycles. The number of hydrogen-bond acceptors (Lipinski definition) is 6. The highest BCUT2D eigenvalue weighted by Gasteiger charge is 2.26. The Kier molecular flexibility index (Phi) is 7.39. The molecule has 0 bridgehead atoms. The molecule has 0 aliphatic carbocycles. The third kappa shape index (κ3) is 5.66. The monoisotopic (exact) mass is 386 g/mol. The van der Waals surface area contributed by atoms with E-state index >= 15 is 0 Å². The predicted molar refractivity (Wildman–Crippen MR) is 101 cm³/mol. The first-order chi connectivity index (χ1) is 12.4. The number of nitrogens with zero attached hydrogens (tertiary/aromatic N) is 4. The summed E-state index contributed by atoms with van der Waals surface area (Å²) in [5.74, 6) is 2.43. The molecule has 0 amide bonds. The van der Waals surface area contributed by atoms with Crippen LogP contribution in [0.3, 0.4) is 0 Å². The Morgan fingerprint density at radius 3 is 2.62 bits per heavy atom. The highest BCUT2D eigenvalue weighted by molar-refractivity contribution is 7.89. The lowest BCUT2D eigenvalue weighted by Gasteiger charge is -2.32. The van der Waals surface area contributed by atoms with E-state index in [2.05, 4.69) is 25.8 Å². The normalized spacial score (nSPS) is 17.7. The molecule has 10 heteroatoms. The van der Waals surface area contributed by atoms with Crippen molar-refractivity contribution in [3.8, 4) is 0 Å². The summed E-state index contributed by atoms with van der Waals surface area (Å²) >= 11 is 0. The largest absolute Gasteiger partial charge is 0.356 e. The van der Waals surface area contributed by atoms with Gasteiger partial charge in [-0.05, 0) is 19.8 Å². The summed E-state index contributed by atoms with van der Waals surface area (Å²) < 4.78 is 30.6. The van der Waals surface area contributed by atoms with Crippen LogP contribution in [0.15, 0.2) is 9.52 Å². The van der Waals surface area contributed by atoms with Crippen molar-refractivity contribution in [3.63, 3.8) is 0 Å². The zero-order valence-electron chi connectivity index (χ0n) is 16.0. The number of aromatic nitrogens is 2. The summed E-state index contributed by atoms with van der Waals surface area (Å²) in [5, 5.41) is 10.5. The van der Waals surface area contributed by atoms with Crippen molar-refractivity contribution >= 4 is 16.0 Å². The van der Waals surface area contributed by atoms with Crippen molar-refractivity contribution in [1.29, 1.82) is 0 Å². The van der Waals surface area contributed by atoms with Crippen LogP contribution in [0.1, 0.15) is 51.2 Å². The molecule has 2 rings (SSSR count). The molecule has 0 aromatic carbocycles. The van der Waals surface area contributed by atoms with Gasteiger partial charge in [0.15, 0.2) is 11.8 Å². The summed E-state index contributed by atoms with van der Waals surface area (Å²) in [4.78, 5) is 8.57. The van der Waals surface area contributed by atoms with Gasteiger partial charge in [0.2, 0.25) is 15.9 Å². The lowest BCUT2D eigenvalue weighted by Crippen LogP contribution is -2.50. The van der Waals surface area contributed by atoms with Crippen LogP contribution in [0.25, 0.3) is 0 Å². The van der Waals surface area contributed by atoms with E-state index in [1.165, 1.54) is 0 Å². The molecule has 0 spiro atoms. The predicted octanol–water partition coefficient (Wildman–Crippen LogP) is 0.715. The molecule has 1 aliphatic rings. The average Bonchev–Trinajstić information content (AvgIpc) is 3.10. The van der Waals surface area contributed by atoms with Gasteiger partial charge in [-0.2, -0.15) is 4.98 Å². The molecule has 0 saturated carbocycles. The Labute approximate surface area is 155 Å². The number of aliphatic imine (C=N–C) groups is 1. The minimum absolute atomic E-state index is 0.155. The summed E-state index contributed by atoms with van der Waals surface area (Å²) in [7, 11) is -1.37. The molecule has 2 heterocycles. The number of nitrogens with one attached hydrogen (secondary N) is 2. The second kappa shape index (κ2) is 9.31. The van der Waals surface area contributed by atoms with E-state index in [0.717, 1.165) is 18.7 Å². The average molecular weight is 387 g/mol. The smallest absolute Gasteiger partial charge is 0.228 e. The Morgan fingerprint density at radius 2 is 2.08 bits per heavy atom. The maximum Gasteiger partial charge on any atom is 0.228 e. The maximum absolute atomic E-state index is 11.9. The van der Waals surface area contributed by atoms with Gasteiger partial charge in [-0.15, -0.1) is 0 Å². The molecule has 0 unspecified atom stereocenters. The molecule has 26 heavy (non-hydrogen) atoms. The fourth-order valence-corrected chi connectivity index (χ4v) is 3.87. The van der Waals surface area contributed by atoms with E-state index in [1.54, 1.807) is 18.3 Å². The Bertz CT molecular complexity index is 693. The van der Waals surface area contributed by atoms with E-state index < -0.39 is 10.0 Å². The van der Waals surface area contributed by atoms with Crippen molar-refractivity contribution < 1.29 is 12.9 Å². The van der Waals surface area contributed by atoms with E-state index in [1.807, 2.05) is 13.8 Å². The fraction of sp³-hybridized carbons (Fsp3) is 0.812. The minimum atomic E-state index is -3.09. The van der Waals surface area contributed by atoms with Crippen molar-refractivity contribution in [1.82, 2.24) is 25.1 Å². The SMILES string of the molecule is CCS(=O)(=O)N1CCC(NC(=NC)NCCc2nc(C(C)C)no2)CC1. The first-order valence-electron chi connectivity index (χ1n) is 9.13. The van der Waals surface area contributed by atoms with Gasteiger partial charge in [-0.1, -0.05) is 19.0 Å². The maximum atomic E-state index is 11.9. The zero-order valence-corrected chi connectivity index (χ0v) is 16.8. The molecule has 1 aromatic rings. The number of guanidine groups is 1. The molecule has 1 aliphatic heterocycles. The molecular weight excluding hydrogens is 356 g/mol. The van der Waals surface area contributed by atoms with Crippen LogP contribution in [0.4, 0.5) is 0 Å². The van der Waals surface area contributed by atoms with Crippen LogP contribution < -0.4 is 10.6 Å².